The third kappa shape index (κ3) is 3.91. The highest BCUT2D eigenvalue weighted by molar-refractivity contribution is 7.09. The minimum Gasteiger partial charge on any atom is -0.315 e. The Bertz CT molecular complexity index is 190. The van der Waals surface area contributed by atoms with E-state index in [4.69, 9.17) is 0 Å². The first-order valence-electron chi connectivity index (χ1n) is 2.88. The SMILES string of the molecule is CNCc1scnc1C.Cl.Cl. The molecule has 1 aromatic rings. The van der Waals surface area contributed by atoms with E-state index in [0.717, 1.165) is 12.2 Å². The molecule has 1 heterocycles. The lowest BCUT2D eigenvalue weighted by Gasteiger charge is -1.93. The summed E-state index contributed by atoms with van der Waals surface area (Å²) in [4.78, 5) is 5.44. The first kappa shape index (κ1) is 13.7. The van der Waals surface area contributed by atoms with E-state index in [-0.39, 0.29) is 24.8 Å². The van der Waals surface area contributed by atoms with Crippen molar-refractivity contribution in [3.8, 4) is 0 Å². The molecule has 66 valence electrons. The summed E-state index contributed by atoms with van der Waals surface area (Å²) in [7, 11) is 1.94. The molecular weight excluding hydrogens is 203 g/mol. The largest absolute Gasteiger partial charge is 0.315 e. The molecule has 0 aromatic carbocycles. The average molecular weight is 215 g/mol. The minimum atomic E-state index is 0. The number of hydrogen-bond donors (Lipinski definition) is 1. The van der Waals surface area contributed by atoms with Crippen LogP contribution in [0.15, 0.2) is 5.51 Å². The lowest BCUT2D eigenvalue weighted by atomic mass is 10.4. The molecule has 1 aromatic heterocycles. The molecule has 0 amide bonds. The molecule has 0 fully saturated rings. The molecule has 0 bridgehead atoms. The van der Waals surface area contributed by atoms with Crippen molar-refractivity contribution in [1.29, 1.82) is 0 Å². The first-order chi connectivity index (χ1) is 4.34. The predicted octanol–water partition coefficient (Wildman–Crippen LogP) is 2.01. The van der Waals surface area contributed by atoms with Crippen LogP contribution in [0, 0.1) is 6.92 Å². The molecule has 0 atom stereocenters. The number of halogens is 2. The summed E-state index contributed by atoms with van der Waals surface area (Å²) in [6, 6.07) is 0. The summed E-state index contributed by atoms with van der Waals surface area (Å²) in [6.45, 7) is 2.97. The van der Waals surface area contributed by atoms with Crippen LogP contribution in [-0.2, 0) is 6.54 Å². The van der Waals surface area contributed by atoms with Gasteiger partial charge in [0.15, 0.2) is 0 Å². The van der Waals surface area contributed by atoms with E-state index in [1.807, 2.05) is 19.5 Å². The lowest BCUT2D eigenvalue weighted by molar-refractivity contribution is 0.823. The van der Waals surface area contributed by atoms with Crippen molar-refractivity contribution in [2.24, 2.45) is 0 Å². The van der Waals surface area contributed by atoms with Crippen molar-refractivity contribution in [3.63, 3.8) is 0 Å². The molecule has 0 saturated heterocycles. The van der Waals surface area contributed by atoms with Gasteiger partial charge in [-0.15, -0.1) is 36.2 Å². The zero-order chi connectivity index (χ0) is 6.69. The molecule has 0 aliphatic heterocycles. The van der Waals surface area contributed by atoms with Crippen LogP contribution in [0.2, 0.25) is 0 Å². The lowest BCUT2D eigenvalue weighted by Crippen LogP contribution is -2.04. The van der Waals surface area contributed by atoms with Gasteiger partial charge in [-0.2, -0.15) is 0 Å². The van der Waals surface area contributed by atoms with Crippen LogP contribution in [0.3, 0.4) is 0 Å². The van der Waals surface area contributed by atoms with Crippen molar-refractivity contribution in [3.05, 3.63) is 16.1 Å². The number of hydrogen-bond acceptors (Lipinski definition) is 3. The first-order valence-corrected chi connectivity index (χ1v) is 3.76. The highest BCUT2D eigenvalue weighted by Gasteiger charge is 1.96. The number of nitrogens with zero attached hydrogens (tertiary/aromatic N) is 1. The molecule has 1 rings (SSSR count). The Morgan fingerprint density at radius 1 is 1.55 bits per heavy atom. The second-order valence-electron chi connectivity index (χ2n) is 1.89. The summed E-state index contributed by atoms with van der Waals surface area (Å²) in [6.07, 6.45) is 0. The quantitative estimate of drug-likeness (QED) is 0.816. The maximum atomic E-state index is 4.11. The van der Waals surface area contributed by atoms with Gasteiger partial charge in [-0.3, -0.25) is 0 Å². The van der Waals surface area contributed by atoms with Crippen LogP contribution < -0.4 is 5.32 Å². The van der Waals surface area contributed by atoms with Crippen molar-refractivity contribution in [2.45, 2.75) is 13.5 Å². The zero-order valence-electron chi connectivity index (χ0n) is 6.46. The average Bonchev–Trinajstić information content (AvgIpc) is 2.18. The summed E-state index contributed by atoms with van der Waals surface area (Å²) >= 11 is 1.70. The summed E-state index contributed by atoms with van der Waals surface area (Å²) in [5, 5.41) is 3.08. The van der Waals surface area contributed by atoms with E-state index in [1.54, 1.807) is 11.3 Å². The number of aromatic nitrogens is 1. The van der Waals surface area contributed by atoms with Gasteiger partial charge in [0, 0.05) is 11.4 Å². The number of thiazole rings is 1. The number of rotatable bonds is 2. The van der Waals surface area contributed by atoms with Gasteiger partial charge in [0.25, 0.3) is 0 Å². The second-order valence-corrected chi connectivity index (χ2v) is 2.83. The van der Waals surface area contributed by atoms with Crippen LogP contribution in [0.1, 0.15) is 10.6 Å². The topological polar surface area (TPSA) is 24.9 Å². The monoisotopic (exact) mass is 214 g/mol. The van der Waals surface area contributed by atoms with E-state index in [1.165, 1.54) is 4.88 Å². The van der Waals surface area contributed by atoms with Gasteiger partial charge >= 0.3 is 0 Å². The van der Waals surface area contributed by atoms with Crippen LogP contribution >= 0.6 is 36.2 Å². The van der Waals surface area contributed by atoms with Crippen LogP contribution in [0.4, 0.5) is 0 Å². The van der Waals surface area contributed by atoms with Crippen LogP contribution in [0.5, 0.6) is 0 Å². The summed E-state index contributed by atoms with van der Waals surface area (Å²) in [5.41, 5.74) is 3.02. The fraction of sp³-hybridized carbons (Fsp3) is 0.500. The highest BCUT2D eigenvalue weighted by atomic mass is 35.5. The Morgan fingerprint density at radius 3 is 2.55 bits per heavy atom. The molecule has 0 saturated carbocycles. The van der Waals surface area contributed by atoms with E-state index < -0.39 is 0 Å². The van der Waals surface area contributed by atoms with Gasteiger partial charge in [0.2, 0.25) is 0 Å². The Labute approximate surface area is 83.2 Å². The molecule has 0 radical (unpaired) electrons. The van der Waals surface area contributed by atoms with E-state index in [2.05, 4.69) is 10.3 Å². The van der Waals surface area contributed by atoms with Gasteiger partial charge < -0.3 is 5.32 Å². The van der Waals surface area contributed by atoms with Crippen molar-refractivity contribution < 1.29 is 0 Å². The highest BCUT2D eigenvalue weighted by Crippen LogP contribution is 2.10. The van der Waals surface area contributed by atoms with Crippen molar-refractivity contribution >= 4 is 36.2 Å². The Balaban J connectivity index is 0. The maximum Gasteiger partial charge on any atom is 0.0798 e. The van der Waals surface area contributed by atoms with Gasteiger partial charge in [-0.05, 0) is 14.0 Å². The normalized spacial score (nSPS) is 8.18. The number of aryl methyl sites for hydroxylation is 1. The van der Waals surface area contributed by atoms with E-state index in [0.29, 0.717) is 0 Å². The van der Waals surface area contributed by atoms with Gasteiger partial charge in [-0.1, -0.05) is 0 Å². The Kier molecular flexibility index (Phi) is 8.56. The molecule has 2 nitrogen and oxygen atoms in total. The van der Waals surface area contributed by atoms with Crippen molar-refractivity contribution in [1.82, 2.24) is 10.3 Å². The fourth-order valence-electron chi connectivity index (χ4n) is 0.656. The third-order valence-corrected chi connectivity index (χ3v) is 2.12. The standard InChI is InChI=1S/C6H10N2S.2ClH/c1-5-6(3-7-2)9-4-8-5;;/h4,7H,3H2,1-2H3;2*1H. The minimum absolute atomic E-state index is 0. The van der Waals surface area contributed by atoms with E-state index >= 15 is 0 Å². The van der Waals surface area contributed by atoms with Gasteiger partial charge in [-0.25, -0.2) is 4.98 Å². The van der Waals surface area contributed by atoms with Gasteiger partial charge in [0.05, 0.1) is 11.2 Å². The molecule has 5 heteroatoms. The van der Waals surface area contributed by atoms with Gasteiger partial charge in [0.1, 0.15) is 0 Å². The second kappa shape index (κ2) is 6.85. The molecule has 0 aliphatic carbocycles. The Morgan fingerprint density at radius 2 is 2.18 bits per heavy atom. The number of nitrogens with one attached hydrogen (secondary N) is 1. The Hall–Kier alpha value is 0.170. The molecular formula is C6H12Cl2N2S. The fourth-order valence-corrected chi connectivity index (χ4v) is 1.45. The van der Waals surface area contributed by atoms with E-state index in [9.17, 15) is 0 Å². The van der Waals surface area contributed by atoms with Crippen molar-refractivity contribution in [2.75, 3.05) is 7.05 Å². The molecule has 0 aliphatic rings. The smallest absolute Gasteiger partial charge is 0.0798 e. The summed E-state index contributed by atoms with van der Waals surface area (Å²) in [5.74, 6) is 0. The van der Waals surface area contributed by atoms with Crippen LogP contribution in [-0.4, -0.2) is 12.0 Å². The molecule has 1 N–H and O–H groups in total. The third-order valence-electron chi connectivity index (χ3n) is 1.18. The predicted molar refractivity (Wildman–Crippen MR) is 54.1 cm³/mol. The molecule has 0 spiro atoms. The maximum absolute atomic E-state index is 4.11. The summed E-state index contributed by atoms with van der Waals surface area (Å²) < 4.78 is 0. The zero-order valence-corrected chi connectivity index (χ0v) is 8.91. The van der Waals surface area contributed by atoms with Crippen LogP contribution in [0.25, 0.3) is 0 Å². The molecule has 11 heavy (non-hydrogen) atoms. The molecule has 0 unspecified atom stereocenters.